The van der Waals surface area contributed by atoms with Crippen LogP contribution < -0.4 is 5.32 Å². The van der Waals surface area contributed by atoms with E-state index < -0.39 is 6.10 Å². The number of nitrogens with one attached hydrogen (secondary N) is 1. The molecule has 0 spiro atoms. The Kier molecular flexibility index (Phi) is 2.52. The molecule has 3 nitrogen and oxygen atoms in total. The Bertz CT molecular complexity index is 422. The first kappa shape index (κ1) is 9.24. The zero-order valence-corrected chi connectivity index (χ0v) is 8.03. The van der Waals surface area contributed by atoms with Crippen molar-refractivity contribution in [2.75, 3.05) is 13.6 Å². The van der Waals surface area contributed by atoms with E-state index in [9.17, 15) is 5.11 Å². The van der Waals surface area contributed by atoms with Gasteiger partial charge in [-0.15, -0.1) is 0 Å². The largest absolute Gasteiger partial charge is 0.465 e. The molecule has 0 fully saturated rings. The quantitative estimate of drug-likeness (QED) is 0.776. The van der Waals surface area contributed by atoms with Crippen molar-refractivity contribution in [3.63, 3.8) is 0 Å². The molecule has 1 atom stereocenters. The van der Waals surface area contributed by atoms with E-state index in [1.165, 1.54) is 0 Å². The van der Waals surface area contributed by atoms with Crippen LogP contribution in [0.1, 0.15) is 11.9 Å². The number of rotatable bonds is 3. The Hall–Kier alpha value is -1.32. The molecule has 14 heavy (non-hydrogen) atoms. The first-order valence-corrected chi connectivity index (χ1v) is 4.61. The van der Waals surface area contributed by atoms with Crippen LogP contribution in [0.25, 0.3) is 10.8 Å². The van der Waals surface area contributed by atoms with E-state index in [0.717, 1.165) is 10.8 Å². The zero-order chi connectivity index (χ0) is 9.97. The van der Waals surface area contributed by atoms with Crippen molar-refractivity contribution in [3.05, 3.63) is 36.3 Å². The SMILES string of the molecule is CNCC(O)c1occ2ccccc12. The van der Waals surface area contributed by atoms with Gasteiger partial charge in [0.1, 0.15) is 11.9 Å². The second-order valence-electron chi connectivity index (χ2n) is 3.26. The molecule has 2 rings (SSSR count). The molecule has 0 saturated heterocycles. The molecule has 0 bridgehead atoms. The van der Waals surface area contributed by atoms with E-state index in [-0.39, 0.29) is 0 Å². The van der Waals surface area contributed by atoms with Crippen LogP contribution in [0.3, 0.4) is 0 Å². The number of aliphatic hydroxyl groups excluding tert-OH is 1. The Morgan fingerprint density at radius 3 is 3.00 bits per heavy atom. The van der Waals surface area contributed by atoms with Crippen molar-refractivity contribution in [1.29, 1.82) is 0 Å². The molecular weight excluding hydrogens is 178 g/mol. The third-order valence-corrected chi connectivity index (χ3v) is 2.24. The number of fused-ring (bicyclic) bond motifs is 1. The van der Waals surface area contributed by atoms with Gasteiger partial charge in [0.25, 0.3) is 0 Å². The highest BCUT2D eigenvalue weighted by atomic mass is 16.4. The van der Waals surface area contributed by atoms with E-state index in [1.54, 1.807) is 13.3 Å². The number of benzene rings is 1. The highest BCUT2D eigenvalue weighted by Crippen LogP contribution is 2.25. The lowest BCUT2D eigenvalue weighted by Crippen LogP contribution is -2.16. The van der Waals surface area contributed by atoms with E-state index in [0.29, 0.717) is 12.3 Å². The Balaban J connectivity index is 2.42. The summed E-state index contributed by atoms with van der Waals surface area (Å²) in [6, 6.07) is 7.81. The summed E-state index contributed by atoms with van der Waals surface area (Å²) in [6.07, 6.45) is 1.09. The number of hydrogen-bond acceptors (Lipinski definition) is 3. The van der Waals surface area contributed by atoms with Gasteiger partial charge < -0.3 is 14.8 Å². The Morgan fingerprint density at radius 2 is 2.21 bits per heavy atom. The lowest BCUT2D eigenvalue weighted by Gasteiger charge is -2.06. The van der Waals surface area contributed by atoms with Gasteiger partial charge in [0.2, 0.25) is 0 Å². The Labute approximate surface area is 82.3 Å². The van der Waals surface area contributed by atoms with Gasteiger partial charge >= 0.3 is 0 Å². The van der Waals surface area contributed by atoms with Crippen LogP contribution in [-0.4, -0.2) is 18.7 Å². The van der Waals surface area contributed by atoms with Gasteiger partial charge in [-0.05, 0) is 7.05 Å². The van der Waals surface area contributed by atoms with Gasteiger partial charge in [0.15, 0.2) is 0 Å². The number of likely N-dealkylation sites (N-methyl/N-ethyl adjacent to an activating group) is 1. The normalized spacial score (nSPS) is 13.3. The monoisotopic (exact) mass is 191 g/mol. The standard InChI is InChI=1S/C11H13NO2/c1-12-6-10(13)11-9-5-3-2-4-8(9)7-14-11/h2-5,7,10,12-13H,6H2,1H3. The molecule has 0 aliphatic heterocycles. The molecule has 0 saturated carbocycles. The maximum atomic E-state index is 9.75. The van der Waals surface area contributed by atoms with Gasteiger partial charge in [0, 0.05) is 17.3 Å². The van der Waals surface area contributed by atoms with Crippen molar-refractivity contribution < 1.29 is 9.52 Å². The molecule has 0 aliphatic rings. The smallest absolute Gasteiger partial charge is 0.141 e. The van der Waals surface area contributed by atoms with Crippen molar-refractivity contribution >= 4 is 10.8 Å². The average molecular weight is 191 g/mol. The maximum Gasteiger partial charge on any atom is 0.141 e. The summed E-state index contributed by atoms with van der Waals surface area (Å²) >= 11 is 0. The number of aliphatic hydroxyl groups is 1. The molecule has 3 heteroatoms. The predicted octanol–water partition coefficient (Wildman–Crippen LogP) is 1.69. The minimum Gasteiger partial charge on any atom is -0.465 e. The summed E-state index contributed by atoms with van der Waals surface area (Å²) in [7, 11) is 1.80. The Morgan fingerprint density at radius 1 is 1.43 bits per heavy atom. The highest BCUT2D eigenvalue weighted by Gasteiger charge is 2.13. The molecule has 0 amide bonds. The second kappa shape index (κ2) is 3.82. The minimum absolute atomic E-state index is 0.498. The summed E-state index contributed by atoms with van der Waals surface area (Å²) in [5, 5.41) is 14.7. The molecule has 74 valence electrons. The van der Waals surface area contributed by atoms with Crippen molar-refractivity contribution in [2.45, 2.75) is 6.10 Å². The fourth-order valence-corrected chi connectivity index (χ4v) is 1.56. The van der Waals surface area contributed by atoms with E-state index in [4.69, 9.17) is 4.42 Å². The van der Waals surface area contributed by atoms with Gasteiger partial charge in [-0.1, -0.05) is 24.3 Å². The van der Waals surface area contributed by atoms with Crippen LogP contribution in [0.5, 0.6) is 0 Å². The first-order chi connectivity index (χ1) is 6.83. The summed E-state index contributed by atoms with van der Waals surface area (Å²) in [5.41, 5.74) is 0. The second-order valence-corrected chi connectivity index (χ2v) is 3.26. The third kappa shape index (κ3) is 1.52. The lowest BCUT2D eigenvalue weighted by atomic mass is 10.1. The van der Waals surface area contributed by atoms with Crippen LogP contribution in [0.2, 0.25) is 0 Å². The molecule has 1 unspecified atom stereocenters. The fraction of sp³-hybridized carbons (Fsp3) is 0.273. The molecule has 0 radical (unpaired) electrons. The molecule has 1 aromatic heterocycles. The van der Waals surface area contributed by atoms with Gasteiger partial charge in [0.05, 0.1) is 6.26 Å². The topological polar surface area (TPSA) is 45.4 Å². The minimum atomic E-state index is -0.583. The summed E-state index contributed by atoms with van der Waals surface area (Å²) in [6.45, 7) is 0.498. The van der Waals surface area contributed by atoms with Gasteiger partial charge in [-0.3, -0.25) is 0 Å². The maximum absolute atomic E-state index is 9.75. The molecule has 2 aromatic rings. The summed E-state index contributed by atoms with van der Waals surface area (Å²) in [5.74, 6) is 0.634. The van der Waals surface area contributed by atoms with Crippen LogP contribution in [0.4, 0.5) is 0 Å². The van der Waals surface area contributed by atoms with Crippen molar-refractivity contribution in [3.8, 4) is 0 Å². The van der Waals surface area contributed by atoms with Crippen LogP contribution in [0, 0.1) is 0 Å². The molecule has 1 aromatic carbocycles. The molecule has 0 aliphatic carbocycles. The summed E-state index contributed by atoms with van der Waals surface area (Å²) in [4.78, 5) is 0. The fourth-order valence-electron chi connectivity index (χ4n) is 1.56. The van der Waals surface area contributed by atoms with Crippen molar-refractivity contribution in [2.24, 2.45) is 0 Å². The van der Waals surface area contributed by atoms with E-state index >= 15 is 0 Å². The number of hydrogen-bond donors (Lipinski definition) is 2. The molecular formula is C11H13NO2. The van der Waals surface area contributed by atoms with Gasteiger partial charge in [-0.2, -0.15) is 0 Å². The van der Waals surface area contributed by atoms with Crippen LogP contribution in [0.15, 0.2) is 34.9 Å². The van der Waals surface area contributed by atoms with E-state index in [2.05, 4.69) is 5.32 Å². The van der Waals surface area contributed by atoms with Crippen LogP contribution >= 0.6 is 0 Å². The molecule has 2 N–H and O–H groups in total. The zero-order valence-electron chi connectivity index (χ0n) is 8.03. The first-order valence-electron chi connectivity index (χ1n) is 4.61. The average Bonchev–Trinajstić information content (AvgIpc) is 2.61. The molecule has 1 heterocycles. The number of furan rings is 1. The van der Waals surface area contributed by atoms with Gasteiger partial charge in [-0.25, -0.2) is 0 Å². The van der Waals surface area contributed by atoms with E-state index in [1.807, 2.05) is 24.3 Å². The summed E-state index contributed by atoms with van der Waals surface area (Å²) < 4.78 is 5.34. The third-order valence-electron chi connectivity index (χ3n) is 2.24. The van der Waals surface area contributed by atoms with Crippen molar-refractivity contribution in [1.82, 2.24) is 5.32 Å². The van der Waals surface area contributed by atoms with Crippen LogP contribution in [-0.2, 0) is 0 Å². The predicted molar refractivity (Wildman–Crippen MR) is 55.1 cm³/mol. The lowest BCUT2D eigenvalue weighted by molar-refractivity contribution is 0.152. The highest BCUT2D eigenvalue weighted by molar-refractivity contribution is 5.84.